The number of nitrogens with zero attached hydrogens (tertiary/aromatic N) is 9. The Morgan fingerprint density at radius 3 is 2.59 bits per heavy atom. The second kappa shape index (κ2) is 17.5. The fourth-order valence-electron chi connectivity index (χ4n) is 10.8. The molecule has 3 amide bonds. The van der Waals surface area contributed by atoms with Crippen LogP contribution in [0.25, 0.3) is 16.7 Å². The zero-order chi connectivity index (χ0) is 44.2. The molecule has 2 N–H and O–H groups in total. The molecule has 1 aromatic carbocycles. The van der Waals surface area contributed by atoms with Crippen molar-refractivity contribution in [3.05, 3.63) is 70.2 Å². The van der Waals surface area contributed by atoms with Gasteiger partial charge in [-0.3, -0.25) is 33.5 Å². The van der Waals surface area contributed by atoms with E-state index < -0.39 is 30.0 Å². The minimum absolute atomic E-state index is 0.00271. The Morgan fingerprint density at radius 2 is 1.86 bits per heavy atom. The fourth-order valence-corrected chi connectivity index (χ4v) is 10.8. The lowest BCUT2D eigenvalue weighted by Crippen LogP contribution is -2.44. The van der Waals surface area contributed by atoms with E-state index in [0.717, 1.165) is 94.4 Å². The Labute approximate surface area is 368 Å². The number of morpholine rings is 1. The van der Waals surface area contributed by atoms with Crippen LogP contribution >= 0.6 is 0 Å². The summed E-state index contributed by atoms with van der Waals surface area (Å²) in [4.78, 5) is 60.8. The van der Waals surface area contributed by atoms with Crippen LogP contribution in [0.1, 0.15) is 111 Å². The molecule has 5 aliphatic rings. The average molecular weight is 884 g/mol. The first-order valence-corrected chi connectivity index (χ1v) is 22.8. The van der Waals surface area contributed by atoms with Gasteiger partial charge in [-0.25, -0.2) is 23.1 Å². The van der Waals surface area contributed by atoms with Crippen molar-refractivity contribution >= 4 is 45.9 Å². The maximum Gasteiger partial charge on any atom is 0.329 e. The van der Waals surface area contributed by atoms with Crippen molar-refractivity contribution in [2.24, 2.45) is 13.0 Å². The van der Waals surface area contributed by atoms with Crippen LogP contribution in [-0.2, 0) is 32.5 Å². The van der Waals surface area contributed by atoms with E-state index in [1.165, 1.54) is 15.3 Å². The molecule has 10 rings (SSSR count). The van der Waals surface area contributed by atoms with Gasteiger partial charge in [0.1, 0.15) is 17.4 Å². The highest BCUT2D eigenvalue weighted by molar-refractivity contribution is 6.08. The summed E-state index contributed by atoms with van der Waals surface area (Å²) in [5, 5.41) is 13.7. The molecule has 5 aromatic rings. The van der Waals surface area contributed by atoms with E-state index in [-0.39, 0.29) is 59.7 Å². The SMILES string of the molecule is C[C@H](CCc1cccc2c1n(C)c(=O)n2C1CCC(=O)NC1=O)OC1CCN(C[C@H]2CC[C@H](n3cc(NC(=O)c4cnn5ccc(N6C[C@H]7C[C@@H]6CO7)nc45)c(C(F)F)n3)CC2)CC1. The maximum atomic E-state index is 14.3. The number of benzene rings is 1. The second-order valence-electron chi connectivity index (χ2n) is 18.4. The molecule has 0 radical (unpaired) electrons. The number of imidazole rings is 1. The number of carbonyl (C=O) groups is 3. The highest BCUT2D eigenvalue weighted by Crippen LogP contribution is 2.37. The summed E-state index contributed by atoms with van der Waals surface area (Å²) in [6.45, 7) is 6.36. The average Bonchev–Trinajstić information content (AvgIpc) is 4.14. The molecule has 8 heterocycles. The predicted octanol–water partition coefficient (Wildman–Crippen LogP) is 4.96. The van der Waals surface area contributed by atoms with E-state index in [1.54, 1.807) is 28.7 Å². The molecule has 4 aromatic heterocycles. The lowest BCUT2D eigenvalue weighted by molar-refractivity contribution is -0.135. The number of nitrogens with one attached hydrogen (secondary N) is 2. The number of hydrogen-bond acceptors (Lipinski definition) is 11. The number of anilines is 2. The topological polar surface area (TPSA) is 175 Å². The predicted molar refractivity (Wildman–Crippen MR) is 232 cm³/mol. The number of amides is 3. The van der Waals surface area contributed by atoms with Crippen LogP contribution in [0.4, 0.5) is 20.3 Å². The van der Waals surface area contributed by atoms with E-state index in [9.17, 15) is 28.0 Å². The summed E-state index contributed by atoms with van der Waals surface area (Å²) in [5.41, 5.74) is 2.35. The van der Waals surface area contributed by atoms with Gasteiger partial charge in [0.25, 0.3) is 12.3 Å². The monoisotopic (exact) mass is 883 g/mol. The number of piperidine rings is 2. The Bertz CT molecular complexity index is 2620. The first-order valence-electron chi connectivity index (χ1n) is 22.8. The lowest BCUT2D eigenvalue weighted by atomic mass is 9.85. The number of imide groups is 1. The number of hydrogen-bond donors (Lipinski definition) is 2. The number of aromatic nitrogens is 7. The summed E-state index contributed by atoms with van der Waals surface area (Å²) in [6.07, 6.45) is 10.6. The minimum Gasteiger partial charge on any atom is -0.375 e. The van der Waals surface area contributed by atoms with E-state index in [0.29, 0.717) is 36.5 Å². The molecule has 4 aliphatic heterocycles. The highest BCUT2D eigenvalue weighted by atomic mass is 19.3. The Balaban J connectivity index is 0.691. The summed E-state index contributed by atoms with van der Waals surface area (Å²) in [6, 6.07) is 7.15. The van der Waals surface area contributed by atoms with Gasteiger partial charge in [-0.05, 0) is 94.7 Å². The molecule has 4 saturated heterocycles. The lowest BCUT2D eigenvalue weighted by Gasteiger charge is -2.37. The van der Waals surface area contributed by atoms with Crippen molar-refractivity contribution < 1.29 is 32.6 Å². The van der Waals surface area contributed by atoms with E-state index in [2.05, 4.69) is 37.6 Å². The third-order valence-electron chi connectivity index (χ3n) is 14.2. The van der Waals surface area contributed by atoms with Crippen molar-refractivity contribution in [3.8, 4) is 0 Å². The molecule has 1 saturated carbocycles. The minimum atomic E-state index is -2.86. The molecule has 17 nitrogen and oxygen atoms in total. The molecule has 1 unspecified atom stereocenters. The largest absolute Gasteiger partial charge is 0.375 e. The van der Waals surface area contributed by atoms with Crippen LogP contribution in [0.5, 0.6) is 0 Å². The standard InChI is InChI=1S/C45H55F2N11O6/c1-26(6-9-28-4-3-5-35-40(28)53(2)45(62)58(35)36-12-13-38(59)51-44(36)61)64-31-14-17-54(18-15-31)22-27-7-10-29(11-8-27)57-24-34(39(52-57)41(46)47)49-43(60)33-21-48-56-19-16-37(50-42(33)56)55-23-32-20-30(55)25-63-32/h3-5,16,19,21,24,26-27,29-32,36,41H,6-15,17-18,20,22-23,25H2,1-2H3,(H,49,60)(H,51,59,61)/t26-,27-,29-,30-,32-,36?/m1/s1. The fraction of sp³-hybridized carbons (Fsp3) is 0.578. The number of halogens is 2. The van der Waals surface area contributed by atoms with Crippen molar-refractivity contribution in [2.45, 2.75) is 120 Å². The van der Waals surface area contributed by atoms with Crippen LogP contribution in [0.3, 0.4) is 0 Å². The van der Waals surface area contributed by atoms with Crippen molar-refractivity contribution in [3.63, 3.8) is 0 Å². The first kappa shape index (κ1) is 42.4. The number of rotatable bonds is 13. The molecule has 340 valence electrons. The van der Waals surface area contributed by atoms with Gasteiger partial charge in [0, 0.05) is 52.0 Å². The van der Waals surface area contributed by atoms with Gasteiger partial charge in [0.2, 0.25) is 11.8 Å². The van der Waals surface area contributed by atoms with Crippen LogP contribution in [0.15, 0.2) is 47.7 Å². The van der Waals surface area contributed by atoms with Crippen LogP contribution in [0, 0.1) is 5.92 Å². The summed E-state index contributed by atoms with van der Waals surface area (Å²) in [5.74, 6) is -0.0931. The van der Waals surface area contributed by atoms with Gasteiger partial charge in [-0.2, -0.15) is 10.2 Å². The Kier molecular flexibility index (Phi) is 11.6. The van der Waals surface area contributed by atoms with Crippen LogP contribution in [-0.4, -0.2) is 113 Å². The summed E-state index contributed by atoms with van der Waals surface area (Å²) < 4.78 is 47.2. The third kappa shape index (κ3) is 8.21. The molecule has 19 heteroatoms. The zero-order valence-electron chi connectivity index (χ0n) is 36.2. The molecular formula is C45H55F2N11O6. The van der Waals surface area contributed by atoms with Gasteiger partial charge in [0.05, 0.1) is 59.9 Å². The smallest absolute Gasteiger partial charge is 0.329 e. The van der Waals surface area contributed by atoms with Gasteiger partial charge < -0.3 is 24.6 Å². The molecule has 2 bridgehead atoms. The molecule has 5 fully saturated rings. The quantitative estimate of drug-likeness (QED) is 0.153. The van der Waals surface area contributed by atoms with Crippen molar-refractivity contribution in [1.29, 1.82) is 0 Å². The molecule has 4 atom stereocenters. The van der Waals surface area contributed by atoms with Crippen LogP contribution in [0.2, 0.25) is 0 Å². The van der Waals surface area contributed by atoms with E-state index >= 15 is 0 Å². The highest BCUT2D eigenvalue weighted by Gasteiger charge is 2.40. The van der Waals surface area contributed by atoms with Gasteiger partial charge in [0.15, 0.2) is 11.3 Å². The zero-order valence-corrected chi connectivity index (χ0v) is 36.2. The normalized spacial score (nSPS) is 25.0. The van der Waals surface area contributed by atoms with Gasteiger partial charge >= 0.3 is 5.69 Å². The second-order valence-corrected chi connectivity index (χ2v) is 18.4. The first-order chi connectivity index (χ1) is 31.0. The van der Waals surface area contributed by atoms with Gasteiger partial charge in [-0.15, -0.1) is 0 Å². The van der Waals surface area contributed by atoms with Crippen LogP contribution < -0.4 is 21.2 Å². The third-order valence-corrected chi connectivity index (χ3v) is 14.2. The number of likely N-dealkylation sites (tertiary alicyclic amines) is 1. The number of fused-ring (bicyclic) bond motifs is 4. The molecule has 64 heavy (non-hydrogen) atoms. The number of alkyl halides is 2. The summed E-state index contributed by atoms with van der Waals surface area (Å²) in [7, 11) is 1.73. The summed E-state index contributed by atoms with van der Waals surface area (Å²) >= 11 is 0. The maximum absolute atomic E-state index is 14.3. The molecular weight excluding hydrogens is 829 g/mol. The Morgan fingerprint density at radius 1 is 1.05 bits per heavy atom. The van der Waals surface area contributed by atoms with Crippen molar-refractivity contribution in [2.75, 3.05) is 43.0 Å². The van der Waals surface area contributed by atoms with E-state index in [4.69, 9.17) is 14.5 Å². The number of carbonyl (C=O) groups excluding carboxylic acids is 3. The molecule has 1 aliphatic carbocycles. The van der Waals surface area contributed by atoms with Gasteiger partial charge in [-0.1, -0.05) is 12.1 Å². The van der Waals surface area contributed by atoms with Crippen molar-refractivity contribution in [1.82, 2.24) is 43.7 Å². The number of para-hydroxylation sites is 1. The number of ether oxygens (including phenoxy) is 2. The van der Waals surface area contributed by atoms with E-state index in [1.807, 2.05) is 24.3 Å². The molecule has 0 spiro atoms. The Hall–Kier alpha value is -5.53. The number of aryl methyl sites for hydroxylation is 2.